The van der Waals surface area contributed by atoms with Crippen molar-refractivity contribution in [2.24, 2.45) is 5.73 Å². The van der Waals surface area contributed by atoms with Gasteiger partial charge in [-0.3, -0.25) is 4.79 Å². The summed E-state index contributed by atoms with van der Waals surface area (Å²) in [7, 11) is 0. The molecular formula is C9H8Br2ClNO. The molecule has 0 aromatic heterocycles. The number of carbonyl (C=O) groups is 1. The third kappa shape index (κ3) is 3.26. The van der Waals surface area contributed by atoms with E-state index < -0.39 is 11.3 Å². The third-order valence-corrected chi connectivity index (χ3v) is 3.35. The molecule has 0 radical (unpaired) electrons. The maximum atomic E-state index is 10.8. The van der Waals surface area contributed by atoms with Crippen molar-refractivity contribution in [2.75, 3.05) is 0 Å². The first-order chi connectivity index (χ1) is 6.50. The van der Waals surface area contributed by atoms with Crippen LogP contribution >= 0.6 is 43.5 Å². The smallest absolute Gasteiger partial charge is 0.235 e. The Morgan fingerprint density at radius 1 is 1.50 bits per heavy atom. The average molecular weight is 341 g/mol. The van der Waals surface area contributed by atoms with Crippen LogP contribution in [0.3, 0.4) is 0 Å². The van der Waals surface area contributed by atoms with Crippen LogP contribution < -0.4 is 5.73 Å². The summed E-state index contributed by atoms with van der Waals surface area (Å²) in [5.41, 5.74) is 6.03. The molecule has 0 aliphatic carbocycles. The van der Waals surface area contributed by atoms with Gasteiger partial charge in [0.25, 0.3) is 0 Å². The number of nitrogens with two attached hydrogens (primary N) is 1. The van der Waals surface area contributed by atoms with Crippen LogP contribution in [0.1, 0.15) is 5.56 Å². The first-order valence-corrected chi connectivity index (χ1v) is 5.90. The highest BCUT2D eigenvalue weighted by molar-refractivity contribution is 9.11. The molecule has 0 aliphatic heterocycles. The first-order valence-electron chi connectivity index (χ1n) is 3.88. The van der Waals surface area contributed by atoms with Crippen molar-refractivity contribution in [3.05, 3.63) is 32.7 Å². The lowest BCUT2D eigenvalue weighted by atomic mass is 10.1. The van der Waals surface area contributed by atoms with Gasteiger partial charge in [-0.15, -0.1) is 11.6 Å². The molecule has 0 spiro atoms. The van der Waals surface area contributed by atoms with Crippen LogP contribution in [0.5, 0.6) is 0 Å². The maximum absolute atomic E-state index is 10.8. The predicted molar refractivity (Wildman–Crippen MR) is 64.4 cm³/mol. The molecule has 0 fully saturated rings. The topological polar surface area (TPSA) is 43.1 Å². The van der Waals surface area contributed by atoms with Gasteiger partial charge in [0, 0.05) is 8.95 Å². The van der Waals surface area contributed by atoms with Crippen molar-refractivity contribution in [1.82, 2.24) is 0 Å². The number of rotatable bonds is 3. The zero-order valence-corrected chi connectivity index (χ0v) is 11.1. The van der Waals surface area contributed by atoms with Crippen LogP contribution in [0.25, 0.3) is 0 Å². The Balaban J connectivity index is 2.85. The number of hydrogen-bond donors (Lipinski definition) is 1. The van der Waals surface area contributed by atoms with Crippen molar-refractivity contribution < 1.29 is 4.79 Å². The van der Waals surface area contributed by atoms with E-state index in [9.17, 15) is 4.79 Å². The van der Waals surface area contributed by atoms with Gasteiger partial charge in [0.15, 0.2) is 0 Å². The highest BCUT2D eigenvalue weighted by atomic mass is 79.9. The Morgan fingerprint density at radius 3 is 2.71 bits per heavy atom. The normalized spacial score (nSPS) is 12.5. The Bertz CT molecular complexity index is 357. The summed E-state index contributed by atoms with van der Waals surface area (Å²) >= 11 is 12.5. The molecule has 1 unspecified atom stereocenters. The van der Waals surface area contributed by atoms with Gasteiger partial charge in [0.2, 0.25) is 5.91 Å². The molecule has 1 rings (SSSR count). The highest BCUT2D eigenvalue weighted by Crippen LogP contribution is 2.23. The number of alkyl halides is 1. The summed E-state index contributed by atoms with van der Waals surface area (Å²) in [6.07, 6.45) is 0.427. The fourth-order valence-corrected chi connectivity index (χ4v) is 1.98. The number of primary amides is 1. The minimum absolute atomic E-state index is 0.427. The van der Waals surface area contributed by atoms with Crippen LogP contribution in [0.4, 0.5) is 0 Å². The van der Waals surface area contributed by atoms with Gasteiger partial charge < -0.3 is 5.73 Å². The van der Waals surface area contributed by atoms with E-state index in [2.05, 4.69) is 31.9 Å². The summed E-state index contributed by atoms with van der Waals surface area (Å²) in [5, 5.41) is -0.666. The molecule has 1 amide bonds. The fourth-order valence-electron chi connectivity index (χ4n) is 0.993. The van der Waals surface area contributed by atoms with Crippen molar-refractivity contribution in [3.8, 4) is 0 Å². The Morgan fingerprint density at radius 2 is 2.14 bits per heavy atom. The molecule has 2 nitrogen and oxygen atoms in total. The van der Waals surface area contributed by atoms with Gasteiger partial charge in [-0.05, 0) is 30.2 Å². The second-order valence-corrected chi connectivity index (χ2v) is 5.11. The van der Waals surface area contributed by atoms with Gasteiger partial charge in [-0.2, -0.15) is 0 Å². The molecule has 1 atom stereocenters. The lowest BCUT2D eigenvalue weighted by Gasteiger charge is -2.07. The van der Waals surface area contributed by atoms with Crippen LogP contribution in [0.15, 0.2) is 27.1 Å². The molecule has 1 aromatic rings. The minimum atomic E-state index is -0.666. The van der Waals surface area contributed by atoms with Gasteiger partial charge >= 0.3 is 0 Å². The Kier molecular flexibility index (Phi) is 4.41. The summed E-state index contributed by atoms with van der Waals surface area (Å²) in [4.78, 5) is 10.8. The third-order valence-electron chi connectivity index (χ3n) is 1.72. The average Bonchev–Trinajstić information content (AvgIpc) is 2.11. The fraction of sp³-hybridized carbons (Fsp3) is 0.222. The lowest BCUT2D eigenvalue weighted by Crippen LogP contribution is -2.25. The molecule has 0 saturated carbocycles. The van der Waals surface area contributed by atoms with E-state index in [1.54, 1.807) is 0 Å². The molecule has 0 aliphatic rings. The van der Waals surface area contributed by atoms with E-state index in [4.69, 9.17) is 17.3 Å². The molecule has 5 heteroatoms. The number of benzene rings is 1. The second-order valence-electron chi connectivity index (χ2n) is 2.81. The number of amides is 1. The number of halogens is 3. The molecule has 2 N–H and O–H groups in total. The summed E-state index contributed by atoms with van der Waals surface area (Å²) < 4.78 is 1.87. The number of carbonyl (C=O) groups excluding carboxylic acids is 1. The SMILES string of the molecule is NC(=O)C(Cl)Cc1cc(Br)ccc1Br. The molecule has 0 saturated heterocycles. The van der Waals surface area contributed by atoms with Crippen LogP contribution in [0.2, 0.25) is 0 Å². The van der Waals surface area contributed by atoms with E-state index in [1.165, 1.54) is 0 Å². The van der Waals surface area contributed by atoms with E-state index in [0.717, 1.165) is 14.5 Å². The van der Waals surface area contributed by atoms with Crippen molar-refractivity contribution in [2.45, 2.75) is 11.8 Å². The van der Waals surface area contributed by atoms with Crippen molar-refractivity contribution >= 4 is 49.4 Å². The van der Waals surface area contributed by atoms with Crippen LogP contribution in [-0.4, -0.2) is 11.3 Å². The Hall–Kier alpha value is -0.0600. The van der Waals surface area contributed by atoms with Gasteiger partial charge in [-0.1, -0.05) is 31.9 Å². The number of hydrogen-bond acceptors (Lipinski definition) is 1. The monoisotopic (exact) mass is 339 g/mol. The zero-order valence-electron chi connectivity index (χ0n) is 7.14. The van der Waals surface area contributed by atoms with E-state index in [0.29, 0.717) is 6.42 Å². The largest absolute Gasteiger partial charge is 0.368 e. The van der Waals surface area contributed by atoms with Crippen LogP contribution in [0, 0.1) is 0 Å². The van der Waals surface area contributed by atoms with Gasteiger partial charge in [-0.25, -0.2) is 0 Å². The zero-order chi connectivity index (χ0) is 10.7. The molecule has 0 heterocycles. The summed E-state index contributed by atoms with van der Waals surface area (Å²) in [6.45, 7) is 0. The Labute approximate surface area is 104 Å². The van der Waals surface area contributed by atoms with Gasteiger partial charge in [0.05, 0.1) is 0 Å². The predicted octanol–water partition coefficient (Wildman–Crippen LogP) is 2.85. The van der Waals surface area contributed by atoms with E-state index in [1.807, 2.05) is 18.2 Å². The molecule has 1 aromatic carbocycles. The van der Waals surface area contributed by atoms with Crippen molar-refractivity contribution in [3.63, 3.8) is 0 Å². The van der Waals surface area contributed by atoms with Crippen molar-refractivity contribution in [1.29, 1.82) is 0 Å². The first kappa shape index (κ1) is 12.0. The molecular weight excluding hydrogens is 333 g/mol. The quantitative estimate of drug-likeness (QED) is 0.844. The van der Waals surface area contributed by atoms with Gasteiger partial charge in [0.1, 0.15) is 5.38 Å². The van der Waals surface area contributed by atoms with Crippen LogP contribution in [-0.2, 0) is 11.2 Å². The summed E-state index contributed by atoms with van der Waals surface area (Å²) in [6, 6.07) is 5.70. The lowest BCUT2D eigenvalue weighted by molar-refractivity contribution is -0.117. The van der Waals surface area contributed by atoms with E-state index in [-0.39, 0.29) is 0 Å². The highest BCUT2D eigenvalue weighted by Gasteiger charge is 2.13. The molecule has 0 bridgehead atoms. The molecule has 14 heavy (non-hydrogen) atoms. The standard InChI is InChI=1S/C9H8Br2ClNO/c10-6-1-2-7(11)5(3-6)4-8(12)9(13)14/h1-3,8H,4H2,(H2,13,14). The van der Waals surface area contributed by atoms with E-state index >= 15 is 0 Å². The minimum Gasteiger partial charge on any atom is -0.368 e. The molecule has 76 valence electrons. The second kappa shape index (κ2) is 5.14. The summed E-state index contributed by atoms with van der Waals surface area (Å²) in [5.74, 6) is -0.501. The maximum Gasteiger partial charge on any atom is 0.235 e.